The molecule has 2 N–H and O–H groups in total. The van der Waals surface area contributed by atoms with Crippen LogP contribution in [-0.2, 0) is 14.4 Å². The second-order valence-electron chi connectivity index (χ2n) is 9.11. The van der Waals surface area contributed by atoms with Crippen molar-refractivity contribution in [2.75, 3.05) is 11.9 Å². The number of nitrogens with one attached hydrogen (secondary N) is 2. The Bertz CT molecular complexity index is 963. The van der Waals surface area contributed by atoms with Crippen LogP contribution in [0.4, 0.5) is 5.82 Å². The monoisotopic (exact) mass is 468 g/mol. The third-order valence-corrected chi connectivity index (χ3v) is 6.19. The molecule has 0 aliphatic heterocycles. The minimum Gasteiger partial charge on any atom is -0.360 e. The summed E-state index contributed by atoms with van der Waals surface area (Å²) in [5.74, 6) is 0.229. The molecule has 184 valence electrons. The number of aromatic nitrogens is 1. The molecular weight excluding hydrogens is 432 g/mol. The third-order valence-electron chi connectivity index (χ3n) is 6.19. The van der Waals surface area contributed by atoms with Gasteiger partial charge in [0.05, 0.1) is 0 Å². The van der Waals surface area contributed by atoms with Gasteiger partial charge in [0.2, 0.25) is 17.7 Å². The van der Waals surface area contributed by atoms with Gasteiger partial charge in [0.25, 0.3) is 0 Å². The normalized spacial score (nSPS) is 14.6. The van der Waals surface area contributed by atoms with Crippen molar-refractivity contribution in [3.05, 3.63) is 47.2 Å². The Labute approximate surface area is 201 Å². The number of aryl methyl sites for hydroxylation is 2. The first kappa shape index (κ1) is 25.5. The highest BCUT2D eigenvalue weighted by molar-refractivity contribution is 5.94. The summed E-state index contributed by atoms with van der Waals surface area (Å²) >= 11 is 0. The lowest BCUT2D eigenvalue weighted by Crippen LogP contribution is -2.46. The molecule has 0 spiro atoms. The second-order valence-corrected chi connectivity index (χ2v) is 9.11. The van der Waals surface area contributed by atoms with Crippen LogP contribution in [0.2, 0.25) is 0 Å². The van der Waals surface area contributed by atoms with E-state index < -0.39 is 6.04 Å². The summed E-state index contributed by atoms with van der Waals surface area (Å²) in [4.78, 5) is 40.8. The highest BCUT2D eigenvalue weighted by Gasteiger charge is 2.32. The Morgan fingerprint density at radius 1 is 1.12 bits per heavy atom. The molecule has 8 nitrogen and oxygen atoms in total. The summed E-state index contributed by atoms with van der Waals surface area (Å²) in [6.45, 7) is 6.23. The van der Waals surface area contributed by atoms with E-state index in [0.717, 1.165) is 49.7 Å². The molecule has 0 radical (unpaired) electrons. The number of carbonyl (C=O) groups is 3. The summed E-state index contributed by atoms with van der Waals surface area (Å²) in [5.41, 5.74) is 1.87. The summed E-state index contributed by atoms with van der Waals surface area (Å²) in [7, 11) is 0. The molecule has 1 aliphatic carbocycles. The molecule has 1 aliphatic rings. The van der Waals surface area contributed by atoms with Gasteiger partial charge in [-0.2, -0.15) is 0 Å². The zero-order valence-corrected chi connectivity index (χ0v) is 20.4. The summed E-state index contributed by atoms with van der Waals surface area (Å²) in [5, 5.41) is 9.57. The van der Waals surface area contributed by atoms with Crippen LogP contribution in [0.25, 0.3) is 0 Å². The summed E-state index contributed by atoms with van der Waals surface area (Å²) < 4.78 is 4.96. The van der Waals surface area contributed by atoms with Gasteiger partial charge >= 0.3 is 0 Å². The topological polar surface area (TPSA) is 105 Å². The number of benzene rings is 1. The van der Waals surface area contributed by atoms with Crippen molar-refractivity contribution in [2.24, 2.45) is 0 Å². The van der Waals surface area contributed by atoms with Crippen molar-refractivity contribution in [3.63, 3.8) is 0 Å². The zero-order valence-electron chi connectivity index (χ0n) is 20.4. The second kappa shape index (κ2) is 12.3. The van der Waals surface area contributed by atoms with Gasteiger partial charge < -0.3 is 20.1 Å². The van der Waals surface area contributed by atoms with E-state index in [1.807, 2.05) is 31.2 Å². The Morgan fingerprint density at radius 2 is 1.82 bits per heavy atom. The number of nitrogens with zero attached hydrogens (tertiary/aromatic N) is 2. The lowest BCUT2D eigenvalue weighted by atomic mass is 10.0. The predicted molar refractivity (Wildman–Crippen MR) is 130 cm³/mol. The molecule has 34 heavy (non-hydrogen) atoms. The van der Waals surface area contributed by atoms with Crippen molar-refractivity contribution < 1.29 is 18.9 Å². The fourth-order valence-electron chi connectivity index (χ4n) is 4.29. The molecule has 0 saturated heterocycles. The Hall–Kier alpha value is -3.16. The number of hydrogen-bond donors (Lipinski definition) is 2. The lowest BCUT2D eigenvalue weighted by Gasteiger charge is -2.32. The van der Waals surface area contributed by atoms with Gasteiger partial charge in [-0.25, -0.2) is 0 Å². The third kappa shape index (κ3) is 7.17. The van der Waals surface area contributed by atoms with Crippen LogP contribution < -0.4 is 10.6 Å². The SMILES string of the molecule is CCCCN(C(=O)CCC(=O)Nc1cc(C)on1)C(C(=O)NC1CCCC1)c1ccc(C)cc1. The molecule has 3 amide bonds. The van der Waals surface area contributed by atoms with E-state index in [2.05, 4.69) is 22.7 Å². The summed E-state index contributed by atoms with van der Waals surface area (Å²) in [6.07, 6.45) is 5.82. The standard InChI is InChI=1S/C26H36N4O4/c1-4-5-16-30(24(32)15-14-23(31)28-22-17-19(3)34-29-22)25(20-12-10-18(2)11-13-20)26(33)27-21-8-6-7-9-21/h10-13,17,21,25H,4-9,14-16H2,1-3H3,(H,27,33)(H,28,29,31). The largest absolute Gasteiger partial charge is 0.360 e. The Morgan fingerprint density at radius 3 is 2.44 bits per heavy atom. The molecule has 1 heterocycles. The van der Waals surface area contributed by atoms with Gasteiger partial charge in [0.1, 0.15) is 11.8 Å². The summed E-state index contributed by atoms with van der Waals surface area (Å²) in [6, 6.07) is 8.80. The molecule has 2 aromatic rings. The molecule has 0 bridgehead atoms. The fraction of sp³-hybridized carbons (Fsp3) is 0.538. The maximum absolute atomic E-state index is 13.5. The molecule has 3 rings (SSSR count). The number of hydrogen-bond acceptors (Lipinski definition) is 5. The van der Waals surface area contributed by atoms with Crippen molar-refractivity contribution in [3.8, 4) is 0 Å². The molecule has 1 fully saturated rings. The van der Waals surface area contributed by atoms with Gasteiger partial charge in [-0.1, -0.05) is 61.2 Å². The van der Waals surface area contributed by atoms with Crippen LogP contribution in [0.3, 0.4) is 0 Å². The molecule has 1 unspecified atom stereocenters. The van der Waals surface area contributed by atoms with E-state index in [1.54, 1.807) is 17.9 Å². The highest BCUT2D eigenvalue weighted by Crippen LogP contribution is 2.26. The van der Waals surface area contributed by atoms with E-state index in [0.29, 0.717) is 18.1 Å². The lowest BCUT2D eigenvalue weighted by molar-refractivity contribution is -0.141. The van der Waals surface area contributed by atoms with Crippen LogP contribution in [0.1, 0.15) is 81.2 Å². The first-order valence-electron chi connectivity index (χ1n) is 12.3. The average Bonchev–Trinajstić information content (AvgIpc) is 3.47. The maximum atomic E-state index is 13.5. The molecule has 8 heteroatoms. The molecule has 1 aromatic heterocycles. The first-order valence-corrected chi connectivity index (χ1v) is 12.3. The predicted octanol–water partition coefficient (Wildman–Crippen LogP) is 4.44. The van der Waals surface area contributed by atoms with Crippen molar-refractivity contribution in [2.45, 2.75) is 84.2 Å². The molecule has 1 atom stereocenters. The first-order chi connectivity index (χ1) is 16.4. The van der Waals surface area contributed by atoms with Gasteiger partial charge in [0.15, 0.2) is 5.82 Å². The quantitative estimate of drug-likeness (QED) is 0.507. The van der Waals surface area contributed by atoms with Crippen LogP contribution in [-0.4, -0.2) is 40.4 Å². The Kier molecular flexibility index (Phi) is 9.24. The highest BCUT2D eigenvalue weighted by atomic mass is 16.5. The van der Waals surface area contributed by atoms with Crippen LogP contribution >= 0.6 is 0 Å². The molecule has 1 aromatic carbocycles. The number of carbonyl (C=O) groups excluding carboxylic acids is 3. The van der Waals surface area contributed by atoms with Crippen molar-refractivity contribution in [1.29, 1.82) is 0 Å². The van der Waals surface area contributed by atoms with Crippen molar-refractivity contribution in [1.82, 2.24) is 15.4 Å². The zero-order chi connectivity index (χ0) is 24.5. The number of rotatable bonds is 11. The van der Waals surface area contributed by atoms with Crippen LogP contribution in [0.5, 0.6) is 0 Å². The maximum Gasteiger partial charge on any atom is 0.247 e. The van der Waals surface area contributed by atoms with E-state index in [4.69, 9.17) is 4.52 Å². The van der Waals surface area contributed by atoms with Gasteiger partial charge in [0, 0.05) is 31.5 Å². The van der Waals surface area contributed by atoms with E-state index in [-0.39, 0.29) is 36.6 Å². The number of unbranched alkanes of at least 4 members (excludes halogenated alkanes) is 1. The van der Waals surface area contributed by atoms with Crippen LogP contribution in [0.15, 0.2) is 34.9 Å². The van der Waals surface area contributed by atoms with Gasteiger partial charge in [-0.3, -0.25) is 14.4 Å². The minimum absolute atomic E-state index is 0.00176. The van der Waals surface area contributed by atoms with Crippen LogP contribution in [0, 0.1) is 13.8 Å². The van der Waals surface area contributed by atoms with Gasteiger partial charge in [-0.05, 0) is 38.7 Å². The van der Waals surface area contributed by atoms with E-state index in [1.165, 1.54) is 0 Å². The smallest absolute Gasteiger partial charge is 0.247 e. The Balaban J connectivity index is 1.75. The number of amides is 3. The molecule has 1 saturated carbocycles. The average molecular weight is 469 g/mol. The molecular formula is C26H36N4O4. The number of anilines is 1. The minimum atomic E-state index is -0.721. The van der Waals surface area contributed by atoms with E-state index in [9.17, 15) is 14.4 Å². The van der Waals surface area contributed by atoms with E-state index >= 15 is 0 Å². The van der Waals surface area contributed by atoms with Crippen molar-refractivity contribution >= 4 is 23.5 Å². The fourth-order valence-corrected chi connectivity index (χ4v) is 4.29. The van der Waals surface area contributed by atoms with Gasteiger partial charge in [-0.15, -0.1) is 0 Å².